The number of hydrogen-bond acceptors (Lipinski definition) is 2. The molecule has 2 heterocycles. The maximum absolute atomic E-state index is 11.3. The van der Waals surface area contributed by atoms with Gasteiger partial charge in [0.2, 0.25) is 0 Å². The van der Waals surface area contributed by atoms with Crippen molar-refractivity contribution >= 4 is 16.7 Å². The average Bonchev–Trinajstić information content (AvgIpc) is 2.87. The van der Waals surface area contributed by atoms with E-state index in [-0.39, 0.29) is 5.78 Å². The molecule has 0 spiro atoms. The zero-order valence-electron chi connectivity index (χ0n) is 10.7. The molecule has 0 bridgehead atoms. The first kappa shape index (κ1) is 11.7. The van der Waals surface area contributed by atoms with Crippen molar-refractivity contribution < 1.29 is 4.79 Å². The van der Waals surface area contributed by atoms with E-state index in [9.17, 15) is 4.79 Å². The summed E-state index contributed by atoms with van der Waals surface area (Å²) in [6.45, 7) is 2.31. The third-order valence-electron chi connectivity index (χ3n) is 3.17. The van der Waals surface area contributed by atoms with E-state index in [4.69, 9.17) is 0 Å². The van der Waals surface area contributed by atoms with Gasteiger partial charge < -0.3 is 4.57 Å². The number of carbonyl (C=O) groups excluding carboxylic acids is 1. The Labute approximate surface area is 111 Å². The fourth-order valence-corrected chi connectivity index (χ4v) is 2.16. The molecule has 19 heavy (non-hydrogen) atoms. The second-order valence-corrected chi connectivity index (χ2v) is 4.66. The summed E-state index contributed by atoms with van der Waals surface area (Å²) in [4.78, 5) is 15.7. The first-order valence-corrected chi connectivity index (χ1v) is 6.23. The summed E-state index contributed by atoms with van der Waals surface area (Å²) in [5.74, 6) is 0.0930. The highest BCUT2D eigenvalue weighted by Gasteiger charge is 2.03. The Balaban J connectivity index is 1.89. The number of ketones is 1. The van der Waals surface area contributed by atoms with Gasteiger partial charge in [-0.2, -0.15) is 0 Å². The second kappa shape index (κ2) is 4.69. The number of para-hydroxylation sites is 1. The second-order valence-electron chi connectivity index (χ2n) is 4.66. The van der Waals surface area contributed by atoms with Crippen LogP contribution in [-0.2, 0) is 6.54 Å². The fourth-order valence-electron chi connectivity index (χ4n) is 2.16. The standard InChI is InChI=1S/C16H14N2O/c1-12(19)15-6-7-18(11-15)10-13-8-14-4-2-3-5-16(14)17-9-13/h2-9,11H,10H2,1H3. The lowest BCUT2D eigenvalue weighted by molar-refractivity contribution is 0.101. The topological polar surface area (TPSA) is 34.9 Å². The van der Waals surface area contributed by atoms with Gasteiger partial charge in [0.15, 0.2) is 5.78 Å². The monoisotopic (exact) mass is 250 g/mol. The molecule has 3 heteroatoms. The predicted molar refractivity (Wildman–Crippen MR) is 75.3 cm³/mol. The zero-order chi connectivity index (χ0) is 13.2. The summed E-state index contributed by atoms with van der Waals surface area (Å²) in [6, 6.07) is 12.0. The summed E-state index contributed by atoms with van der Waals surface area (Å²) in [5.41, 5.74) is 2.88. The molecular weight excluding hydrogens is 236 g/mol. The minimum Gasteiger partial charge on any atom is -0.349 e. The number of fused-ring (bicyclic) bond motifs is 1. The molecule has 0 N–H and O–H groups in total. The van der Waals surface area contributed by atoms with Gasteiger partial charge in [-0.15, -0.1) is 0 Å². The van der Waals surface area contributed by atoms with E-state index < -0.39 is 0 Å². The van der Waals surface area contributed by atoms with Gasteiger partial charge in [-0.1, -0.05) is 18.2 Å². The van der Waals surface area contributed by atoms with Crippen molar-refractivity contribution in [3.8, 4) is 0 Å². The lowest BCUT2D eigenvalue weighted by Gasteiger charge is -2.04. The van der Waals surface area contributed by atoms with Crippen LogP contribution in [0.15, 0.2) is 55.0 Å². The number of nitrogens with zero attached hydrogens (tertiary/aromatic N) is 2. The third-order valence-corrected chi connectivity index (χ3v) is 3.17. The summed E-state index contributed by atoms with van der Waals surface area (Å²) < 4.78 is 2.00. The fraction of sp³-hybridized carbons (Fsp3) is 0.125. The Hall–Kier alpha value is -2.42. The summed E-state index contributed by atoms with van der Waals surface area (Å²) in [6.07, 6.45) is 5.68. The molecule has 0 saturated heterocycles. The van der Waals surface area contributed by atoms with Gasteiger partial charge in [0, 0.05) is 36.1 Å². The van der Waals surface area contributed by atoms with E-state index in [2.05, 4.69) is 17.1 Å². The lowest BCUT2D eigenvalue weighted by Crippen LogP contribution is -1.98. The van der Waals surface area contributed by atoms with Gasteiger partial charge in [0.25, 0.3) is 0 Å². The van der Waals surface area contributed by atoms with Gasteiger partial charge >= 0.3 is 0 Å². The number of rotatable bonds is 3. The van der Waals surface area contributed by atoms with Crippen molar-refractivity contribution in [3.05, 3.63) is 66.1 Å². The SMILES string of the molecule is CC(=O)c1ccn(Cc2cnc3ccccc3c2)c1. The minimum absolute atomic E-state index is 0.0930. The molecule has 0 radical (unpaired) electrons. The van der Waals surface area contributed by atoms with Crippen molar-refractivity contribution in [1.82, 2.24) is 9.55 Å². The Bertz CT molecular complexity index is 743. The normalized spacial score (nSPS) is 10.8. The molecule has 1 aromatic carbocycles. The van der Waals surface area contributed by atoms with Crippen LogP contribution in [0.2, 0.25) is 0 Å². The lowest BCUT2D eigenvalue weighted by atomic mass is 10.1. The van der Waals surface area contributed by atoms with Crippen LogP contribution in [0.25, 0.3) is 10.9 Å². The Morgan fingerprint density at radius 3 is 2.89 bits per heavy atom. The Kier molecular flexibility index (Phi) is 2.88. The first-order valence-electron chi connectivity index (χ1n) is 6.23. The Morgan fingerprint density at radius 2 is 2.11 bits per heavy atom. The molecule has 0 aliphatic heterocycles. The van der Waals surface area contributed by atoms with Crippen molar-refractivity contribution in [2.24, 2.45) is 0 Å². The van der Waals surface area contributed by atoms with Gasteiger partial charge in [-0.3, -0.25) is 9.78 Å². The van der Waals surface area contributed by atoms with Crippen LogP contribution in [0.4, 0.5) is 0 Å². The molecule has 3 aromatic rings. The van der Waals surface area contributed by atoms with Crippen molar-refractivity contribution in [2.75, 3.05) is 0 Å². The highest BCUT2D eigenvalue weighted by Crippen LogP contribution is 2.14. The highest BCUT2D eigenvalue weighted by molar-refractivity contribution is 5.93. The van der Waals surface area contributed by atoms with Crippen LogP contribution < -0.4 is 0 Å². The van der Waals surface area contributed by atoms with Crippen molar-refractivity contribution in [2.45, 2.75) is 13.5 Å². The smallest absolute Gasteiger partial charge is 0.161 e. The predicted octanol–water partition coefficient (Wildman–Crippen LogP) is 3.29. The molecule has 0 aliphatic rings. The molecule has 0 amide bonds. The Morgan fingerprint density at radius 1 is 1.26 bits per heavy atom. The molecular formula is C16H14N2O. The summed E-state index contributed by atoms with van der Waals surface area (Å²) in [5, 5.41) is 1.14. The van der Waals surface area contributed by atoms with Crippen LogP contribution >= 0.6 is 0 Å². The minimum atomic E-state index is 0.0930. The largest absolute Gasteiger partial charge is 0.349 e. The molecule has 2 aromatic heterocycles. The van der Waals surface area contributed by atoms with Crippen LogP contribution in [0.1, 0.15) is 22.8 Å². The zero-order valence-corrected chi connectivity index (χ0v) is 10.7. The van der Waals surface area contributed by atoms with E-state index in [1.54, 1.807) is 6.92 Å². The molecule has 0 aliphatic carbocycles. The number of carbonyl (C=O) groups is 1. The molecule has 0 saturated carbocycles. The van der Waals surface area contributed by atoms with E-state index in [1.165, 1.54) is 0 Å². The average molecular weight is 250 g/mol. The number of benzene rings is 1. The maximum atomic E-state index is 11.3. The van der Waals surface area contributed by atoms with Crippen LogP contribution in [0, 0.1) is 0 Å². The van der Waals surface area contributed by atoms with Gasteiger partial charge in [0.1, 0.15) is 0 Å². The van der Waals surface area contributed by atoms with E-state index >= 15 is 0 Å². The van der Waals surface area contributed by atoms with Crippen molar-refractivity contribution in [3.63, 3.8) is 0 Å². The molecule has 3 rings (SSSR count). The quantitative estimate of drug-likeness (QED) is 0.668. The van der Waals surface area contributed by atoms with Crippen molar-refractivity contribution in [1.29, 1.82) is 0 Å². The third kappa shape index (κ3) is 2.40. The molecule has 0 unspecified atom stereocenters. The first-order chi connectivity index (χ1) is 9.22. The summed E-state index contributed by atoms with van der Waals surface area (Å²) in [7, 11) is 0. The van der Waals surface area contributed by atoms with Gasteiger partial charge in [0.05, 0.1) is 5.52 Å². The number of hydrogen-bond donors (Lipinski definition) is 0. The van der Waals surface area contributed by atoms with Gasteiger partial charge in [-0.05, 0) is 30.7 Å². The molecule has 94 valence electrons. The summed E-state index contributed by atoms with van der Waals surface area (Å²) >= 11 is 0. The van der Waals surface area contributed by atoms with E-state index in [0.29, 0.717) is 0 Å². The number of pyridine rings is 1. The van der Waals surface area contributed by atoms with Crippen LogP contribution in [0.5, 0.6) is 0 Å². The van der Waals surface area contributed by atoms with Crippen LogP contribution in [-0.4, -0.2) is 15.3 Å². The van der Waals surface area contributed by atoms with E-state index in [1.807, 2.05) is 47.4 Å². The number of Topliss-reactive ketones (excluding diaryl/α,β-unsaturated/α-hetero) is 1. The molecule has 3 nitrogen and oxygen atoms in total. The molecule has 0 atom stereocenters. The van der Waals surface area contributed by atoms with Gasteiger partial charge in [-0.25, -0.2) is 0 Å². The molecule has 0 fully saturated rings. The van der Waals surface area contributed by atoms with Crippen LogP contribution in [0.3, 0.4) is 0 Å². The number of aromatic nitrogens is 2. The van der Waals surface area contributed by atoms with E-state index in [0.717, 1.165) is 28.6 Å². The highest BCUT2D eigenvalue weighted by atomic mass is 16.1. The maximum Gasteiger partial charge on any atom is 0.161 e.